The minimum Gasteiger partial charge on any atom is -0.491 e. The number of ether oxygens (including phenoxy) is 1. The molecule has 0 fully saturated rings. The molecule has 2 aromatic carbocycles. The van der Waals surface area contributed by atoms with Crippen LogP contribution in [0.25, 0.3) is 0 Å². The molecule has 7 heteroatoms. The Balaban J connectivity index is 1.98. The second kappa shape index (κ2) is 8.52. The van der Waals surface area contributed by atoms with Crippen molar-refractivity contribution in [2.24, 2.45) is 0 Å². The van der Waals surface area contributed by atoms with Gasteiger partial charge in [-0.15, -0.1) is 0 Å². The van der Waals surface area contributed by atoms with Gasteiger partial charge in [0.25, 0.3) is 10.0 Å². The fourth-order valence-corrected chi connectivity index (χ4v) is 4.44. The molecule has 1 N–H and O–H groups in total. The number of halogens is 1. The molecule has 0 bridgehead atoms. The standard InChI is InChI=1S/C20H24FNO4S/c1-13-12-14(2)16(4)20(15(13)3)27(24,25)22-19(23)10-7-11-26-18-9-6-5-8-17(18)21/h5-6,8-9,12H,7,10-11H2,1-4H3,(H,22,23). The summed E-state index contributed by atoms with van der Waals surface area (Å²) in [6, 6.07) is 7.89. The van der Waals surface area contributed by atoms with Crippen LogP contribution < -0.4 is 9.46 Å². The van der Waals surface area contributed by atoms with Crippen molar-refractivity contribution in [3.63, 3.8) is 0 Å². The maximum atomic E-state index is 13.4. The van der Waals surface area contributed by atoms with Gasteiger partial charge in [0.15, 0.2) is 11.6 Å². The highest BCUT2D eigenvalue weighted by molar-refractivity contribution is 7.90. The number of carbonyl (C=O) groups excluding carboxylic acids is 1. The predicted molar refractivity (Wildman–Crippen MR) is 102 cm³/mol. The van der Waals surface area contributed by atoms with E-state index in [9.17, 15) is 17.6 Å². The number of hydrogen-bond acceptors (Lipinski definition) is 4. The van der Waals surface area contributed by atoms with Crippen LogP contribution in [0.4, 0.5) is 4.39 Å². The highest BCUT2D eigenvalue weighted by Gasteiger charge is 2.24. The summed E-state index contributed by atoms with van der Waals surface area (Å²) in [5, 5.41) is 0. The lowest BCUT2D eigenvalue weighted by molar-refractivity contribution is -0.119. The SMILES string of the molecule is Cc1cc(C)c(C)c(S(=O)(=O)NC(=O)CCCOc2ccccc2F)c1C. The Morgan fingerprint density at radius 3 is 2.26 bits per heavy atom. The van der Waals surface area contributed by atoms with E-state index in [4.69, 9.17) is 4.74 Å². The molecule has 0 spiro atoms. The van der Waals surface area contributed by atoms with E-state index in [1.807, 2.05) is 19.9 Å². The van der Waals surface area contributed by atoms with E-state index < -0.39 is 21.7 Å². The summed E-state index contributed by atoms with van der Waals surface area (Å²) >= 11 is 0. The van der Waals surface area contributed by atoms with E-state index in [2.05, 4.69) is 4.72 Å². The van der Waals surface area contributed by atoms with Crippen molar-refractivity contribution in [1.29, 1.82) is 0 Å². The van der Waals surface area contributed by atoms with Crippen LogP contribution in [-0.4, -0.2) is 20.9 Å². The summed E-state index contributed by atoms with van der Waals surface area (Å²) in [4.78, 5) is 12.2. The number of sulfonamides is 1. The molecule has 0 aliphatic rings. The second-order valence-electron chi connectivity index (χ2n) is 6.50. The van der Waals surface area contributed by atoms with E-state index in [1.165, 1.54) is 12.1 Å². The number of nitrogens with one attached hydrogen (secondary N) is 1. The molecule has 0 aliphatic heterocycles. The molecule has 5 nitrogen and oxygen atoms in total. The molecule has 0 saturated heterocycles. The second-order valence-corrected chi connectivity index (χ2v) is 8.12. The Morgan fingerprint density at radius 2 is 1.67 bits per heavy atom. The lowest BCUT2D eigenvalue weighted by Gasteiger charge is -2.16. The third kappa shape index (κ3) is 5.07. The van der Waals surface area contributed by atoms with Crippen LogP contribution in [0.3, 0.4) is 0 Å². The third-order valence-corrected chi connectivity index (χ3v) is 6.10. The minimum absolute atomic E-state index is 0.0451. The Kier molecular flexibility index (Phi) is 6.59. The van der Waals surface area contributed by atoms with E-state index >= 15 is 0 Å². The molecule has 27 heavy (non-hydrogen) atoms. The van der Waals surface area contributed by atoms with Crippen molar-refractivity contribution < 1.29 is 22.3 Å². The normalized spacial score (nSPS) is 11.3. The molecule has 2 rings (SSSR count). The smallest absolute Gasteiger partial charge is 0.264 e. The predicted octanol–water partition coefficient (Wildman–Crippen LogP) is 3.72. The topological polar surface area (TPSA) is 72.5 Å². The number of hydrogen-bond donors (Lipinski definition) is 1. The quantitative estimate of drug-likeness (QED) is 0.728. The van der Waals surface area contributed by atoms with Crippen LogP contribution >= 0.6 is 0 Å². The number of benzene rings is 2. The minimum atomic E-state index is -3.96. The molecular formula is C20H24FNO4S. The molecule has 1 amide bonds. The van der Waals surface area contributed by atoms with E-state index in [-0.39, 0.29) is 30.1 Å². The maximum absolute atomic E-state index is 13.4. The first kappa shape index (κ1) is 20.9. The highest BCUT2D eigenvalue weighted by atomic mass is 32.2. The zero-order valence-corrected chi connectivity index (χ0v) is 16.7. The van der Waals surface area contributed by atoms with Gasteiger partial charge in [-0.3, -0.25) is 4.79 Å². The Bertz CT molecular complexity index is 928. The molecule has 0 heterocycles. The van der Waals surface area contributed by atoms with Crippen molar-refractivity contribution >= 4 is 15.9 Å². The van der Waals surface area contributed by atoms with E-state index in [0.717, 1.165) is 11.1 Å². The number of carbonyl (C=O) groups is 1. The van der Waals surface area contributed by atoms with Crippen LogP contribution in [-0.2, 0) is 14.8 Å². The number of rotatable bonds is 7. The summed E-state index contributed by atoms with van der Waals surface area (Å²) in [6.07, 6.45) is 0.219. The Labute approximate surface area is 159 Å². The van der Waals surface area contributed by atoms with Gasteiger partial charge in [0.05, 0.1) is 11.5 Å². The molecule has 146 valence electrons. The number of para-hydroxylation sites is 1. The average Bonchev–Trinajstić information content (AvgIpc) is 2.58. The third-order valence-electron chi connectivity index (χ3n) is 4.46. The lowest BCUT2D eigenvalue weighted by Crippen LogP contribution is -2.32. The van der Waals surface area contributed by atoms with Crippen LogP contribution in [0, 0.1) is 33.5 Å². The van der Waals surface area contributed by atoms with Crippen molar-refractivity contribution in [3.05, 3.63) is 58.4 Å². The Morgan fingerprint density at radius 1 is 1.07 bits per heavy atom. The monoisotopic (exact) mass is 393 g/mol. The largest absolute Gasteiger partial charge is 0.491 e. The van der Waals surface area contributed by atoms with Crippen LogP contribution in [0.1, 0.15) is 35.1 Å². The van der Waals surface area contributed by atoms with E-state index in [0.29, 0.717) is 11.1 Å². The van der Waals surface area contributed by atoms with Crippen molar-refractivity contribution in [2.75, 3.05) is 6.61 Å². The fourth-order valence-electron chi connectivity index (χ4n) is 2.81. The molecule has 2 aromatic rings. The molecule has 0 atom stereocenters. The number of aryl methyl sites for hydroxylation is 2. The fraction of sp³-hybridized carbons (Fsp3) is 0.350. The average molecular weight is 393 g/mol. The van der Waals surface area contributed by atoms with Gasteiger partial charge in [0.2, 0.25) is 5.91 Å². The van der Waals surface area contributed by atoms with Gasteiger partial charge in [0.1, 0.15) is 0 Å². The van der Waals surface area contributed by atoms with Crippen LogP contribution in [0.5, 0.6) is 5.75 Å². The first-order valence-corrected chi connectivity index (χ1v) is 10.1. The molecule has 0 aromatic heterocycles. The highest BCUT2D eigenvalue weighted by Crippen LogP contribution is 2.26. The van der Waals surface area contributed by atoms with Crippen molar-refractivity contribution in [1.82, 2.24) is 4.72 Å². The number of amides is 1. The summed E-state index contributed by atoms with van der Waals surface area (Å²) < 4.78 is 46.2. The van der Waals surface area contributed by atoms with Gasteiger partial charge >= 0.3 is 0 Å². The summed E-state index contributed by atoms with van der Waals surface area (Å²) in [5.41, 5.74) is 2.95. The van der Waals surface area contributed by atoms with Gasteiger partial charge in [0, 0.05) is 6.42 Å². The van der Waals surface area contributed by atoms with Gasteiger partial charge in [-0.25, -0.2) is 17.5 Å². The zero-order valence-electron chi connectivity index (χ0n) is 15.9. The zero-order chi connectivity index (χ0) is 20.2. The van der Waals surface area contributed by atoms with Crippen molar-refractivity contribution in [2.45, 2.75) is 45.4 Å². The van der Waals surface area contributed by atoms with Crippen LogP contribution in [0.15, 0.2) is 35.2 Å². The molecule has 0 unspecified atom stereocenters. The maximum Gasteiger partial charge on any atom is 0.264 e. The molecule has 0 aliphatic carbocycles. The molecule has 0 radical (unpaired) electrons. The van der Waals surface area contributed by atoms with Gasteiger partial charge in [-0.05, 0) is 68.5 Å². The Hall–Kier alpha value is -2.41. The summed E-state index contributed by atoms with van der Waals surface area (Å²) in [5.74, 6) is -0.998. The molecule has 0 saturated carbocycles. The summed E-state index contributed by atoms with van der Waals surface area (Å²) in [7, 11) is -3.96. The van der Waals surface area contributed by atoms with Crippen molar-refractivity contribution in [3.8, 4) is 5.75 Å². The first-order chi connectivity index (χ1) is 12.6. The van der Waals surface area contributed by atoms with Crippen LogP contribution in [0.2, 0.25) is 0 Å². The summed E-state index contributed by atoms with van der Waals surface area (Å²) in [6.45, 7) is 7.23. The van der Waals surface area contributed by atoms with Gasteiger partial charge < -0.3 is 4.74 Å². The first-order valence-electron chi connectivity index (χ1n) is 8.64. The van der Waals surface area contributed by atoms with Gasteiger partial charge in [-0.2, -0.15) is 0 Å². The molecular weight excluding hydrogens is 369 g/mol. The van der Waals surface area contributed by atoms with Gasteiger partial charge in [-0.1, -0.05) is 18.2 Å². The lowest BCUT2D eigenvalue weighted by atomic mass is 10.0. The van der Waals surface area contributed by atoms with E-state index in [1.54, 1.807) is 26.0 Å².